The van der Waals surface area contributed by atoms with E-state index in [9.17, 15) is 14.0 Å². The van der Waals surface area contributed by atoms with Crippen molar-refractivity contribution in [2.45, 2.75) is 12.1 Å². The van der Waals surface area contributed by atoms with E-state index in [0.717, 1.165) is 23.1 Å². The summed E-state index contributed by atoms with van der Waals surface area (Å²) in [5.74, 6) is -0.384. The number of hydrogen-bond acceptors (Lipinski definition) is 5. The Morgan fingerprint density at radius 2 is 1.71 bits per heavy atom. The minimum absolute atomic E-state index is 0.0434. The Bertz CT molecular complexity index is 1600. The maximum absolute atomic E-state index is 14.6. The second-order valence-electron chi connectivity index (χ2n) is 7.76. The lowest BCUT2D eigenvalue weighted by atomic mass is 10.2. The molecule has 0 radical (unpaired) electrons. The van der Waals surface area contributed by atoms with Crippen molar-refractivity contribution in [3.8, 4) is 11.4 Å². The van der Waals surface area contributed by atoms with Crippen molar-refractivity contribution in [1.29, 1.82) is 0 Å². The number of rotatable bonds is 6. The van der Waals surface area contributed by atoms with E-state index in [1.165, 1.54) is 16.7 Å². The quantitative estimate of drug-likeness (QED) is 0.277. The fourth-order valence-corrected chi connectivity index (χ4v) is 4.52. The average molecular weight is 486 g/mol. The number of aryl methyl sites for hydroxylation is 1. The standard InChI is InChI=1S/C26H20FN5O2S/c1-17-15-23(32(30-17)18-9-3-2-4-10-18)29-24(33)16-35-26-28-21-13-7-5-11-19(21)25(34)31(26)22-14-8-6-12-20(22)27/h2-15H,16H2,1H3,(H,29,33). The lowest BCUT2D eigenvalue weighted by Crippen LogP contribution is -2.24. The van der Waals surface area contributed by atoms with Gasteiger partial charge in [-0.25, -0.2) is 14.1 Å². The molecule has 5 aromatic rings. The zero-order valence-corrected chi connectivity index (χ0v) is 19.5. The van der Waals surface area contributed by atoms with E-state index in [4.69, 9.17) is 0 Å². The monoisotopic (exact) mass is 485 g/mol. The van der Waals surface area contributed by atoms with Crippen molar-refractivity contribution in [2.24, 2.45) is 0 Å². The van der Waals surface area contributed by atoms with Crippen LogP contribution in [0.4, 0.5) is 10.2 Å². The minimum Gasteiger partial charge on any atom is -0.310 e. The Kier molecular flexibility index (Phi) is 6.15. The molecule has 0 aliphatic carbocycles. The first-order valence-electron chi connectivity index (χ1n) is 10.8. The van der Waals surface area contributed by atoms with Crippen LogP contribution >= 0.6 is 11.8 Å². The van der Waals surface area contributed by atoms with Gasteiger partial charge >= 0.3 is 0 Å². The number of nitrogens with one attached hydrogen (secondary N) is 1. The van der Waals surface area contributed by atoms with Gasteiger partial charge in [-0.15, -0.1) is 0 Å². The molecule has 0 fully saturated rings. The largest absolute Gasteiger partial charge is 0.310 e. The number of aromatic nitrogens is 4. The summed E-state index contributed by atoms with van der Waals surface area (Å²) in [5.41, 5.74) is 1.72. The zero-order valence-electron chi connectivity index (χ0n) is 18.7. The van der Waals surface area contributed by atoms with Gasteiger partial charge in [-0.3, -0.25) is 14.2 Å². The molecule has 1 amide bonds. The van der Waals surface area contributed by atoms with E-state index >= 15 is 0 Å². The number of fused-ring (bicyclic) bond motifs is 1. The van der Waals surface area contributed by atoms with E-state index in [1.54, 1.807) is 47.1 Å². The van der Waals surface area contributed by atoms with Crippen LogP contribution in [0.3, 0.4) is 0 Å². The molecule has 2 heterocycles. The van der Waals surface area contributed by atoms with Crippen LogP contribution in [0.2, 0.25) is 0 Å². The molecule has 0 bridgehead atoms. The molecular weight excluding hydrogens is 465 g/mol. The van der Waals surface area contributed by atoms with E-state index in [2.05, 4.69) is 15.4 Å². The normalized spacial score (nSPS) is 11.0. The van der Waals surface area contributed by atoms with Gasteiger partial charge in [0.25, 0.3) is 5.56 Å². The van der Waals surface area contributed by atoms with Gasteiger partial charge in [0, 0.05) is 6.07 Å². The third-order valence-corrected chi connectivity index (χ3v) is 6.21. The van der Waals surface area contributed by atoms with Crippen LogP contribution < -0.4 is 10.9 Å². The predicted molar refractivity (Wildman–Crippen MR) is 135 cm³/mol. The molecule has 0 aliphatic heterocycles. The van der Waals surface area contributed by atoms with Crippen LogP contribution in [0.15, 0.2) is 94.9 Å². The Hall–Kier alpha value is -4.24. The fraction of sp³-hybridized carbons (Fsp3) is 0.0769. The number of nitrogens with zero attached hydrogens (tertiary/aromatic N) is 4. The number of thioether (sulfide) groups is 1. The molecule has 2 aromatic heterocycles. The number of amides is 1. The summed E-state index contributed by atoms with van der Waals surface area (Å²) in [6, 6.07) is 24.1. The highest BCUT2D eigenvalue weighted by Crippen LogP contribution is 2.24. The second-order valence-corrected chi connectivity index (χ2v) is 8.70. The van der Waals surface area contributed by atoms with Crippen molar-refractivity contribution in [3.63, 3.8) is 0 Å². The first-order valence-corrected chi connectivity index (χ1v) is 11.8. The van der Waals surface area contributed by atoms with Gasteiger partial charge < -0.3 is 5.32 Å². The summed E-state index contributed by atoms with van der Waals surface area (Å²) in [5, 5.41) is 7.92. The summed E-state index contributed by atoms with van der Waals surface area (Å²) in [6.07, 6.45) is 0. The van der Waals surface area contributed by atoms with E-state index in [0.29, 0.717) is 16.7 Å². The third-order valence-electron chi connectivity index (χ3n) is 5.27. The van der Waals surface area contributed by atoms with Crippen LogP contribution in [0.5, 0.6) is 0 Å². The topological polar surface area (TPSA) is 81.8 Å². The van der Waals surface area contributed by atoms with Crippen molar-refractivity contribution < 1.29 is 9.18 Å². The van der Waals surface area contributed by atoms with Crippen molar-refractivity contribution >= 4 is 34.4 Å². The van der Waals surface area contributed by atoms with E-state index in [-0.39, 0.29) is 22.5 Å². The first kappa shape index (κ1) is 22.5. The molecule has 0 saturated heterocycles. The van der Waals surface area contributed by atoms with Gasteiger partial charge in [0.05, 0.1) is 33.7 Å². The molecule has 35 heavy (non-hydrogen) atoms. The summed E-state index contributed by atoms with van der Waals surface area (Å²) in [4.78, 5) is 30.7. The minimum atomic E-state index is -0.555. The smallest absolute Gasteiger partial charge is 0.266 e. The highest BCUT2D eigenvalue weighted by atomic mass is 32.2. The molecule has 7 nitrogen and oxygen atoms in total. The second kappa shape index (κ2) is 9.55. The summed E-state index contributed by atoms with van der Waals surface area (Å²) in [7, 11) is 0. The molecule has 3 aromatic carbocycles. The van der Waals surface area contributed by atoms with Crippen molar-refractivity contribution in [3.05, 3.63) is 107 Å². The van der Waals surface area contributed by atoms with Gasteiger partial charge in [-0.2, -0.15) is 5.10 Å². The maximum Gasteiger partial charge on any atom is 0.266 e. The number of halogens is 1. The predicted octanol–water partition coefficient (Wildman–Crippen LogP) is 4.75. The molecule has 9 heteroatoms. The Labute approximate surface area is 204 Å². The van der Waals surface area contributed by atoms with Crippen LogP contribution in [-0.2, 0) is 4.79 Å². The highest BCUT2D eigenvalue weighted by molar-refractivity contribution is 7.99. The van der Waals surface area contributed by atoms with Gasteiger partial charge in [-0.05, 0) is 43.3 Å². The molecule has 0 unspecified atom stereocenters. The molecule has 1 N–H and O–H groups in total. The molecule has 0 aliphatic rings. The highest BCUT2D eigenvalue weighted by Gasteiger charge is 2.18. The lowest BCUT2D eigenvalue weighted by molar-refractivity contribution is -0.113. The molecule has 0 spiro atoms. The Morgan fingerprint density at radius 3 is 2.51 bits per heavy atom. The number of hydrogen-bond donors (Lipinski definition) is 1. The van der Waals surface area contributed by atoms with Gasteiger partial charge in [0.15, 0.2) is 5.16 Å². The number of anilines is 1. The van der Waals surface area contributed by atoms with Gasteiger partial charge in [0.1, 0.15) is 11.6 Å². The van der Waals surface area contributed by atoms with Crippen LogP contribution in [0.1, 0.15) is 5.69 Å². The van der Waals surface area contributed by atoms with Gasteiger partial charge in [-0.1, -0.05) is 54.2 Å². The van der Waals surface area contributed by atoms with Crippen LogP contribution in [-0.4, -0.2) is 31.0 Å². The fourth-order valence-electron chi connectivity index (χ4n) is 3.72. The number of benzene rings is 3. The van der Waals surface area contributed by atoms with Crippen molar-refractivity contribution in [2.75, 3.05) is 11.1 Å². The summed E-state index contributed by atoms with van der Waals surface area (Å²) >= 11 is 1.06. The maximum atomic E-state index is 14.6. The van der Waals surface area contributed by atoms with Crippen LogP contribution in [0, 0.1) is 12.7 Å². The molecule has 0 saturated carbocycles. The first-order chi connectivity index (χ1) is 17.0. The third kappa shape index (κ3) is 4.58. The summed E-state index contributed by atoms with van der Waals surface area (Å²) < 4.78 is 17.5. The lowest BCUT2D eigenvalue weighted by Gasteiger charge is -2.14. The summed E-state index contributed by atoms with van der Waals surface area (Å²) in [6.45, 7) is 1.84. The number of para-hydroxylation sites is 3. The van der Waals surface area contributed by atoms with Crippen molar-refractivity contribution in [1.82, 2.24) is 19.3 Å². The molecule has 5 rings (SSSR count). The van der Waals surface area contributed by atoms with E-state index < -0.39 is 11.4 Å². The Morgan fingerprint density at radius 1 is 1.00 bits per heavy atom. The average Bonchev–Trinajstić information content (AvgIpc) is 3.24. The molecule has 174 valence electrons. The van der Waals surface area contributed by atoms with E-state index in [1.807, 2.05) is 37.3 Å². The van der Waals surface area contributed by atoms with Crippen LogP contribution in [0.25, 0.3) is 22.3 Å². The van der Waals surface area contributed by atoms with Gasteiger partial charge in [0.2, 0.25) is 5.91 Å². The SMILES string of the molecule is Cc1cc(NC(=O)CSc2nc3ccccc3c(=O)n2-c2ccccc2F)n(-c2ccccc2)n1. The Balaban J connectivity index is 1.45. The molecule has 0 atom stereocenters. The number of carbonyl (C=O) groups is 1. The zero-order chi connectivity index (χ0) is 24.4. The molecular formula is C26H20FN5O2S. The number of carbonyl (C=O) groups excluding carboxylic acids is 1.